The van der Waals surface area contributed by atoms with Gasteiger partial charge in [0.25, 0.3) is 0 Å². The number of aromatic nitrogens is 2. The molecule has 0 spiro atoms. The number of nitrogens with zero attached hydrogens (tertiary/aromatic N) is 3. The van der Waals surface area contributed by atoms with Crippen molar-refractivity contribution < 1.29 is 9.59 Å². The molecule has 0 bridgehead atoms. The van der Waals surface area contributed by atoms with Gasteiger partial charge in [-0.1, -0.05) is 23.9 Å². The predicted molar refractivity (Wildman–Crippen MR) is 109 cm³/mol. The Bertz CT molecular complexity index is 819. The number of piperidine rings is 1. The Morgan fingerprint density at radius 3 is 2.56 bits per heavy atom. The van der Waals surface area contributed by atoms with E-state index in [4.69, 9.17) is 0 Å². The van der Waals surface area contributed by atoms with Crippen molar-refractivity contribution in [3.05, 3.63) is 24.3 Å². The van der Waals surface area contributed by atoms with E-state index in [1.807, 2.05) is 54.5 Å². The van der Waals surface area contributed by atoms with Crippen LogP contribution in [-0.4, -0.2) is 50.6 Å². The first-order valence-electron chi connectivity index (χ1n) is 9.50. The molecule has 2 aromatic rings. The van der Waals surface area contributed by atoms with E-state index in [2.05, 4.69) is 10.3 Å². The molecule has 1 aliphatic heterocycles. The number of hydrogen-bond acceptors (Lipinski definition) is 4. The van der Waals surface area contributed by atoms with E-state index in [1.54, 1.807) is 0 Å². The third-order valence-corrected chi connectivity index (χ3v) is 5.43. The minimum atomic E-state index is -0.287. The van der Waals surface area contributed by atoms with Crippen LogP contribution in [0.25, 0.3) is 11.0 Å². The van der Waals surface area contributed by atoms with Gasteiger partial charge in [-0.25, -0.2) is 4.98 Å². The fraction of sp³-hybridized carbons (Fsp3) is 0.550. The second-order valence-electron chi connectivity index (χ2n) is 8.00. The number of fused-ring (bicyclic) bond motifs is 1. The molecule has 1 saturated heterocycles. The van der Waals surface area contributed by atoms with Gasteiger partial charge in [-0.05, 0) is 52.2 Å². The molecule has 27 heavy (non-hydrogen) atoms. The number of para-hydroxylation sites is 2. The molecule has 1 aromatic heterocycles. The topological polar surface area (TPSA) is 67.2 Å². The summed E-state index contributed by atoms with van der Waals surface area (Å²) in [6, 6.07) is 7.77. The molecule has 0 unspecified atom stereocenters. The van der Waals surface area contributed by atoms with Crippen molar-refractivity contribution in [1.82, 2.24) is 19.8 Å². The maximum absolute atomic E-state index is 12.5. The molecule has 1 fully saturated rings. The summed E-state index contributed by atoms with van der Waals surface area (Å²) in [6.07, 6.45) is 3.37. The molecule has 7 heteroatoms. The van der Waals surface area contributed by atoms with E-state index in [-0.39, 0.29) is 23.9 Å². The molecule has 0 saturated carbocycles. The highest BCUT2D eigenvalue weighted by molar-refractivity contribution is 7.99. The van der Waals surface area contributed by atoms with Gasteiger partial charge in [-0.15, -0.1) is 0 Å². The van der Waals surface area contributed by atoms with Crippen LogP contribution in [0.3, 0.4) is 0 Å². The summed E-state index contributed by atoms with van der Waals surface area (Å²) >= 11 is 1.42. The van der Waals surface area contributed by atoms with Crippen molar-refractivity contribution in [2.45, 2.75) is 57.3 Å². The minimum absolute atomic E-state index is 0.0603. The van der Waals surface area contributed by atoms with Gasteiger partial charge in [-0.2, -0.15) is 0 Å². The SMILES string of the molecule is CC(C)(C)NC(=O)Cn1c(SCC(=O)N2CCCCC2)nc2ccccc21. The molecule has 2 amide bonds. The predicted octanol–water partition coefficient (Wildman–Crippen LogP) is 3.06. The van der Waals surface area contributed by atoms with Crippen LogP contribution >= 0.6 is 11.8 Å². The minimum Gasteiger partial charge on any atom is -0.350 e. The van der Waals surface area contributed by atoms with Gasteiger partial charge in [0.1, 0.15) is 6.54 Å². The van der Waals surface area contributed by atoms with Crippen LogP contribution in [0, 0.1) is 0 Å². The largest absolute Gasteiger partial charge is 0.350 e. The zero-order valence-electron chi connectivity index (χ0n) is 16.3. The molecule has 0 atom stereocenters. The Kier molecular flexibility index (Phi) is 6.09. The summed E-state index contributed by atoms with van der Waals surface area (Å²) in [5.41, 5.74) is 1.47. The van der Waals surface area contributed by atoms with Crippen LogP contribution in [0.15, 0.2) is 29.4 Å². The molecule has 1 N–H and O–H groups in total. The van der Waals surface area contributed by atoms with Crippen LogP contribution in [0.5, 0.6) is 0 Å². The molecule has 146 valence electrons. The van der Waals surface area contributed by atoms with Crippen molar-refractivity contribution >= 4 is 34.6 Å². The average molecular weight is 389 g/mol. The van der Waals surface area contributed by atoms with Crippen LogP contribution in [0.2, 0.25) is 0 Å². The number of benzene rings is 1. The summed E-state index contributed by atoms with van der Waals surface area (Å²) in [5, 5.41) is 3.71. The number of imidazole rings is 1. The maximum atomic E-state index is 12.5. The zero-order valence-corrected chi connectivity index (χ0v) is 17.1. The van der Waals surface area contributed by atoms with Crippen molar-refractivity contribution in [3.63, 3.8) is 0 Å². The summed E-state index contributed by atoms with van der Waals surface area (Å²) < 4.78 is 1.91. The highest BCUT2D eigenvalue weighted by atomic mass is 32.2. The van der Waals surface area contributed by atoms with E-state index < -0.39 is 0 Å². The summed E-state index contributed by atoms with van der Waals surface area (Å²) in [5.74, 6) is 0.442. The second-order valence-corrected chi connectivity index (χ2v) is 8.94. The number of thioether (sulfide) groups is 1. The zero-order chi connectivity index (χ0) is 19.4. The summed E-state index contributed by atoms with van der Waals surface area (Å²) in [6.45, 7) is 7.78. The number of nitrogens with one attached hydrogen (secondary N) is 1. The van der Waals surface area contributed by atoms with Gasteiger partial charge in [-0.3, -0.25) is 9.59 Å². The first-order chi connectivity index (χ1) is 12.8. The molecule has 6 nitrogen and oxygen atoms in total. The first kappa shape index (κ1) is 19.7. The number of hydrogen-bond donors (Lipinski definition) is 1. The van der Waals surface area contributed by atoms with Crippen LogP contribution in [0.4, 0.5) is 0 Å². The number of likely N-dealkylation sites (tertiary alicyclic amines) is 1. The molecule has 0 radical (unpaired) electrons. The van der Waals surface area contributed by atoms with Crippen molar-refractivity contribution in [2.24, 2.45) is 0 Å². The Labute approximate surface area is 164 Å². The third-order valence-electron chi connectivity index (χ3n) is 4.47. The second kappa shape index (κ2) is 8.33. The summed E-state index contributed by atoms with van der Waals surface area (Å²) in [4.78, 5) is 31.6. The van der Waals surface area contributed by atoms with Crippen LogP contribution in [0.1, 0.15) is 40.0 Å². The van der Waals surface area contributed by atoms with Gasteiger partial charge in [0.2, 0.25) is 11.8 Å². The molecular formula is C20H28N4O2S. The van der Waals surface area contributed by atoms with E-state index >= 15 is 0 Å². The van der Waals surface area contributed by atoms with Gasteiger partial charge >= 0.3 is 0 Å². The number of carbonyl (C=O) groups excluding carboxylic acids is 2. The average Bonchev–Trinajstić information content (AvgIpc) is 2.96. The molecule has 3 rings (SSSR count). The van der Waals surface area contributed by atoms with Crippen LogP contribution in [-0.2, 0) is 16.1 Å². The van der Waals surface area contributed by atoms with E-state index in [1.165, 1.54) is 18.2 Å². The van der Waals surface area contributed by atoms with Crippen molar-refractivity contribution in [3.8, 4) is 0 Å². The fourth-order valence-corrected chi connectivity index (χ4v) is 4.20. The Balaban J connectivity index is 1.75. The molecule has 0 aliphatic carbocycles. The number of rotatable bonds is 5. The lowest BCUT2D eigenvalue weighted by atomic mass is 10.1. The standard InChI is InChI=1S/C20H28N4O2S/c1-20(2,3)22-17(25)13-24-16-10-6-5-9-15(16)21-19(24)27-14-18(26)23-11-7-4-8-12-23/h5-6,9-10H,4,7-8,11-14H2,1-3H3,(H,22,25). The first-order valence-corrected chi connectivity index (χ1v) is 10.5. The van der Waals surface area contributed by atoms with Gasteiger partial charge in [0.15, 0.2) is 5.16 Å². The molecule has 1 aromatic carbocycles. The third kappa shape index (κ3) is 5.25. The van der Waals surface area contributed by atoms with Gasteiger partial charge < -0.3 is 14.8 Å². The van der Waals surface area contributed by atoms with Crippen molar-refractivity contribution in [1.29, 1.82) is 0 Å². The lowest BCUT2D eigenvalue weighted by Crippen LogP contribution is -2.42. The van der Waals surface area contributed by atoms with E-state index in [0.29, 0.717) is 10.9 Å². The van der Waals surface area contributed by atoms with Gasteiger partial charge in [0.05, 0.1) is 16.8 Å². The smallest absolute Gasteiger partial charge is 0.240 e. The van der Waals surface area contributed by atoms with Crippen molar-refractivity contribution in [2.75, 3.05) is 18.8 Å². The number of amides is 2. The lowest BCUT2D eigenvalue weighted by molar-refractivity contribution is -0.129. The van der Waals surface area contributed by atoms with Crippen LogP contribution < -0.4 is 5.32 Å². The Morgan fingerprint density at radius 1 is 1.15 bits per heavy atom. The molecule has 1 aliphatic rings. The van der Waals surface area contributed by atoms with E-state index in [9.17, 15) is 9.59 Å². The number of carbonyl (C=O) groups is 2. The van der Waals surface area contributed by atoms with Gasteiger partial charge in [0, 0.05) is 18.6 Å². The maximum Gasteiger partial charge on any atom is 0.240 e. The summed E-state index contributed by atoms with van der Waals surface area (Å²) in [7, 11) is 0. The normalized spacial score (nSPS) is 15.1. The van der Waals surface area contributed by atoms with E-state index in [0.717, 1.165) is 37.0 Å². The quantitative estimate of drug-likeness (QED) is 0.800. The Morgan fingerprint density at radius 2 is 1.85 bits per heavy atom. The lowest BCUT2D eigenvalue weighted by Gasteiger charge is -2.26. The molecule has 2 heterocycles. The monoisotopic (exact) mass is 388 g/mol. The highest BCUT2D eigenvalue weighted by Crippen LogP contribution is 2.25. The highest BCUT2D eigenvalue weighted by Gasteiger charge is 2.21. The Hall–Kier alpha value is -2.02. The molecular weight excluding hydrogens is 360 g/mol. The fourth-order valence-electron chi connectivity index (χ4n) is 3.28.